The van der Waals surface area contributed by atoms with Crippen molar-refractivity contribution >= 4 is 47.3 Å². The second-order valence-electron chi connectivity index (χ2n) is 9.44. The molecular formula is C25H24F3NO9S2. The number of sulfone groups is 1. The molecule has 1 aromatic heterocycles. The fourth-order valence-corrected chi connectivity index (χ4v) is 8.09. The summed E-state index contributed by atoms with van der Waals surface area (Å²) in [5.74, 6) is -2.70. The molecule has 0 bridgehead atoms. The van der Waals surface area contributed by atoms with Crippen LogP contribution in [0.4, 0.5) is 13.2 Å². The third-order valence-corrected chi connectivity index (χ3v) is 9.81. The molecule has 3 aromatic rings. The molecule has 2 aromatic carbocycles. The summed E-state index contributed by atoms with van der Waals surface area (Å²) in [6.07, 6.45) is -9.71. The smallest absolute Gasteiger partial charge is 0.471 e. The number of fused-ring (bicyclic) bond motifs is 3. The van der Waals surface area contributed by atoms with Crippen molar-refractivity contribution in [3.8, 4) is 11.5 Å². The highest BCUT2D eigenvalue weighted by molar-refractivity contribution is 7.91. The Hall–Kier alpha value is -2.98. The number of carbonyl (C=O) groups is 1. The molecule has 1 fully saturated rings. The van der Waals surface area contributed by atoms with E-state index in [1.165, 1.54) is 32.5 Å². The number of methoxy groups -OCH3 is 2. The third-order valence-electron chi connectivity index (χ3n) is 6.95. The van der Waals surface area contributed by atoms with Gasteiger partial charge in [-0.05, 0) is 19.1 Å². The van der Waals surface area contributed by atoms with Crippen LogP contribution in [-0.4, -0.2) is 64.4 Å². The number of hydrogen-bond acceptors (Lipinski definition) is 10. The van der Waals surface area contributed by atoms with Crippen molar-refractivity contribution in [1.82, 2.24) is 5.32 Å². The molecule has 15 heteroatoms. The van der Waals surface area contributed by atoms with E-state index < -0.39 is 64.1 Å². The second kappa shape index (κ2) is 10.1. The number of aliphatic hydroxyl groups is 1. The first-order valence-corrected chi connectivity index (χ1v) is 14.5. The molecule has 5 rings (SSSR count). The SMILES string of the molecule is COc1c2c(c(OC)c3c(=O)c4ccccc4sc13)CS(=O)(=O)[C@@H]2OC1CC(NC(=O)C(F)(F)F)C(O)C(C)O1. The largest absolute Gasteiger partial charge is 0.496 e. The van der Waals surface area contributed by atoms with Crippen LogP contribution < -0.4 is 20.2 Å². The van der Waals surface area contributed by atoms with Crippen molar-refractivity contribution in [3.05, 3.63) is 45.6 Å². The fraction of sp³-hybridized carbons (Fsp3) is 0.440. The van der Waals surface area contributed by atoms with Gasteiger partial charge in [-0.2, -0.15) is 13.2 Å². The Balaban J connectivity index is 1.61. The number of nitrogens with one attached hydrogen (secondary N) is 1. The Labute approximate surface area is 229 Å². The van der Waals surface area contributed by atoms with Gasteiger partial charge in [0, 0.05) is 27.6 Å². The number of aliphatic hydroxyl groups excluding tert-OH is 1. The predicted octanol–water partition coefficient (Wildman–Crippen LogP) is 2.92. The number of amides is 1. The minimum absolute atomic E-state index is 0.0520. The lowest BCUT2D eigenvalue weighted by molar-refractivity contribution is -0.233. The van der Waals surface area contributed by atoms with E-state index in [9.17, 15) is 36.3 Å². The summed E-state index contributed by atoms with van der Waals surface area (Å²) in [6, 6.07) is 5.42. The van der Waals surface area contributed by atoms with Gasteiger partial charge in [0.15, 0.2) is 27.0 Å². The minimum Gasteiger partial charge on any atom is -0.496 e. The van der Waals surface area contributed by atoms with Gasteiger partial charge in [-0.1, -0.05) is 12.1 Å². The zero-order chi connectivity index (χ0) is 29.1. The molecular weight excluding hydrogens is 579 g/mol. The first-order chi connectivity index (χ1) is 18.8. The lowest BCUT2D eigenvalue weighted by atomic mass is 9.99. The van der Waals surface area contributed by atoms with E-state index in [-0.39, 0.29) is 33.4 Å². The number of hydrogen-bond donors (Lipinski definition) is 2. The average Bonchev–Trinajstić information content (AvgIpc) is 3.14. The summed E-state index contributed by atoms with van der Waals surface area (Å²) in [5.41, 5.74) is -1.83. The fourth-order valence-electron chi connectivity index (χ4n) is 5.14. The van der Waals surface area contributed by atoms with Gasteiger partial charge in [0.2, 0.25) is 0 Å². The Morgan fingerprint density at radius 3 is 2.50 bits per heavy atom. The summed E-state index contributed by atoms with van der Waals surface area (Å²) >= 11 is 1.20. The molecule has 10 nitrogen and oxygen atoms in total. The lowest BCUT2D eigenvalue weighted by Crippen LogP contribution is -2.57. The molecule has 2 aliphatic rings. The van der Waals surface area contributed by atoms with Crippen LogP contribution in [0.1, 0.15) is 29.9 Å². The molecule has 1 amide bonds. The Kier molecular flexibility index (Phi) is 7.23. The van der Waals surface area contributed by atoms with Crippen LogP contribution in [0.25, 0.3) is 20.2 Å². The number of carbonyl (C=O) groups excluding carboxylic acids is 1. The highest BCUT2D eigenvalue weighted by atomic mass is 32.2. The van der Waals surface area contributed by atoms with E-state index in [2.05, 4.69) is 0 Å². The minimum atomic E-state index is -5.19. The number of ether oxygens (including phenoxy) is 4. The van der Waals surface area contributed by atoms with Gasteiger partial charge in [0.05, 0.1) is 42.2 Å². The quantitative estimate of drug-likeness (QED) is 0.422. The van der Waals surface area contributed by atoms with E-state index >= 15 is 0 Å². The summed E-state index contributed by atoms with van der Waals surface area (Å²) in [4.78, 5) is 25.0. The van der Waals surface area contributed by atoms with Crippen molar-refractivity contribution in [2.75, 3.05) is 14.2 Å². The molecule has 0 radical (unpaired) electrons. The summed E-state index contributed by atoms with van der Waals surface area (Å²) in [5, 5.41) is 12.6. The average molecular weight is 604 g/mol. The van der Waals surface area contributed by atoms with Gasteiger partial charge in [0.1, 0.15) is 17.6 Å². The van der Waals surface area contributed by atoms with Gasteiger partial charge in [-0.15, -0.1) is 11.3 Å². The van der Waals surface area contributed by atoms with E-state index in [0.29, 0.717) is 14.8 Å². The first-order valence-electron chi connectivity index (χ1n) is 12.0. The molecule has 0 spiro atoms. The maximum Gasteiger partial charge on any atom is 0.471 e. The van der Waals surface area contributed by atoms with Crippen molar-refractivity contribution < 1.29 is 50.4 Å². The normalized spacial score (nSPS) is 26.0. The van der Waals surface area contributed by atoms with Crippen LogP contribution in [0.5, 0.6) is 11.5 Å². The molecule has 2 aliphatic heterocycles. The summed E-state index contributed by atoms with van der Waals surface area (Å²) in [7, 11) is -1.51. The van der Waals surface area contributed by atoms with E-state index in [4.69, 9.17) is 18.9 Å². The zero-order valence-corrected chi connectivity index (χ0v) is 22.9. The monoisotopic (exact) mass is 603 g/mol. The van der Waals surface area contributed by atoms with Gasteiger partial charge >= 0.3 is 12.1 Å². The topological polar surface area (TPSA) is 137 Å². The van der Waals surface area contributed by atoms with Crippen molar-refractivity contribution in [2.45, 2.75) is 55.2 Å². The Bertz CT molecular complexity index is 1670. The molecule has 4 unspecified atom stereocenters. The van der Waals surface area contributed by atoms with Crippen LogP contribution in [0.15, 0.2) is 29.1 Å². The van der Waals surface area contributed by atoms with E-state index in [0.717, 1.165) is 0 Å². The van der Waals surface area contributed by atoms with Crippen LogP contribution in [0.2, 0.25) is 0 Å². The Morgan fingerprint density at radius 1 is 1.18 bits per heavy atom. The molecule has 2 N–H and O–H groups in total. The van der Waals surface area contributed by atoms with Crippen molar-refractivity contribution in [2.24, 2.45) is 0 Å². The number of rotatable bonds is 5. The summed E-state index contributed by atoms with van der Waals surface area (Å²) in [6.45, 7) is 1.35. The maximum atomic E-state index is 13.5. The standard InChI is InChI=1S/C25H24F3NO9S2/c1-10-18(30)13(29-24(32)25(26,27)28)8-15(37-10)38-23-16-12(9-40(23,33)34)20(35-2)17-19(31)11-6-4-5-7-14(11)39-22(17)21(16)36-3/h4-7,10,13,15,18,23,30H,8-9H2,1-3H3,(H,29,32)/t10?,13?,15?,18?,23-/m0/s1. The van der Waals surface area contributed by atoms with Crippen LogP contribution in [-0.2, 0) is 29.9 Å². The van der Waals surface area contributed by atoms with Crippen molar-refractivity contribution in [3.63, 3.8) is 0 Å². The predicted molar refractivity (Wildman–Crippen MR) is 138 cm³/mol. The molecule has 0 aliphatic carbocycles. The Morgan fingerprint density at radius 2 is 1.85 bits per heavy atom. The molecule has 0 saturated carbocycles. The first kappa shape index (κ1) is 28.5. The molecule has 216 valence electrons. The molecule has 5 atom stereocenters. The van der Waals surface area contributed by atoms with Crippen LogP contribution >= 0.6 is 11.3 Å². The van der Waals surface area contributed by atoms with Crippen LogP contribution in [0, 0.1) is 0 Å². The maximum absolute atomic E-state index is 13.5. The van der Waals surface area contributed by atoms with Gasteiger partial charge < -0.3 is 29.4 Å². The van der Waals surface area contributed by atoms with Gasteiger partial charge in [0.25, 0.3) is 0 Å². The van der Waals surface area contributed by atoms with E-state index in [1.54, 1.807) is 29.6 Å². The second-order valence-corrected chi connectivity index (χ2v) is 12.5. The highest BCUT2D eigenvalue weighted by Gasteiger charge is 2.48. The van der Waals surface area contributed by atoms with Crippen molar-refractivity contribution in [1.29, 1.82) is 0 Å². The van der Waals surface area contributed by atoms with Crippen LogP contribution in [0.3, 0.4) is 0 Å². The number of alkyl halides is 3. The molecule has 1 saturated heterocycles. The van der Waals surface area contributed by atoms with Gasteiger partial charge in [-0.3, -0.25) is 9.59 Å². The van der Waals surface area contributed by atoms with E-state index in [1.807, 2.05) is 0 Å². The zero-order valence-electron chi connectivity index (χ0n) is 21.3. The summed E-state index contributed by atoms with van der Waals surface area (Å²) < 4.78 is 89.0. The lowest BCUT2D eigenvalue weighted by Gasteiger charge is -2.38. The number of halogens is 3. The molecule has 40 heavy (non-hydrogen) atoms. The number of benzene rings is 2. The van der Waals surface area contributed by atoms with Gasteiger partial charge in [-0.25, -0.2) is 8.42 Å². The third kappa shape index (κ3) is 4.68. The highest BCUT2D eigenvalue weighted by Crippen LogP contribution is 2.52. The molecule has 3 heterocycles.